The summed E-state index contributed by atoms with van der Waals surface area (Å²) in [6, 6.07) is 23.7. The minimum Gasteiger partial charge on any atom is -0.464 e. The minimum absolute atomic E-state index is 0.159. The van der Waals surface area contributed by atoms with E-state index in [2.05, 4.69) is 0 Å². The van der Waals surface area contributed by atoms with Gasteiger partial charge in [-0.05, 0) is 37.1 Å². The molecule has 1 saturated heterocycles. The Morgan fingerprint density at radius 3 is 1.94 bits per heavy atom. The van der Waals surface area contributed by atoms with Crippen LogP contribution in [0, 0.1) is 12.3 Å². The topological polar surface area (TPSA) is 55.8 Å². The fourth-order valence-corrected chi connectivity index (χ4v) is 5.53. The third kappa shape index (κ3) is 2.67. The average molecular weight is 456 g/mol. The lowest BCUT2D eigenvalue weighted by molar-refractivity contribution is -0.164. The predicted octanol–water partition coefficient (Wildman–Crippen LogP) is 5.59. The first-order valence-electron chi connectivity index (χ1n) is 11.7. The number of fused-ring (bicyclic) bond motifs is 5. The molecule has 5 nitrogen and oxygen atoms in total. The van der Waals surface area contributed by atoms with Crippen LogP contribution in [0.2, 0.25) is 0 Å². The van der Waals surface area contributed by atoms with Crippen molar-refractivity contribution in [2.75, 3.05) is 11.5 Å². The van der Waals surface area contributed by atoms with Crippen LogP contribution in [0.4, 0.5) is 5.69 Å². The van der Waals surface area contributed by atoms with Crippen LogP contribution in [-0.4, -0.2) is 24.1 Å². The Labute approximate surface area is 200 Å². The summed E-state index contributed by atoms with van der Waals surface area (Å²) in [5.74, 6) is -1.21. The lowest BCUT2D eigenvalue weighted by Crippen LogP contribution is -2.66. The first-order valence-corrected chi connectivity index (χ1v) is 11.7. The van der Waals surface area contributed by atoms with E-state index >= 15 is 0 Å². The van der Waals surface area contributed by atoms with Crippen molar-refractivity contribution in [1.29, 1.82) is 0 Å². The molecule has 0 aromatic heterocycles. The number of esters is 2. The van der Waals surface area contributed by atoms with Crippen LogP contribution in [-0.2, 0) is 24.8 Å². The summed E-state index contributed by atoms with van der Waals surface area (Å²) in [6.45, 7) is 9.58. The van der Waals surface area contributed by atoms with Gasteiger partial charge in [0.05, 0.1) is 6.61 Å². The molecule has 1 aliphatic heterocycles. The predicted molar refractivity (Wildman–Crippen MR) is 131 cm³/mol. The molecular weight excluding hydrogens is 426 g/mol. The molecule has 0 amide bonds. The van der Waals surface area contributed by atoms with Crippen LogP contribution in [0.25, 0.3) is 11.1 Å². The van der Waals surface area contributed by atoms with E-state index in [1.807, 2.05) is 105 Å². The number of carbonyl (C=O) groups is 2. The second kappa shape index (κ2) is 7.45. The van der Waals surface area contributed by atoms with Crippen molar-refractivity contribution in [3.63, 3.8) is 0 Å². The van der Waals surface area contributed by atoms with Gasteiger partial charge in [0.15, 0.2) is 0 Å². The van der Waals surface area contributed by atoms with Crippen LogP contribution >= 0.6 is 0 Å². The Kier molecular flexibility index (Phi) is 4.87. The van der Waals surface area contributed by atoms with Crippen molar-refractivity contribution in [1.82, 2.24) is 0 Å². The normalized spacial score (nSPS) is 20.1. The van der Waals surface area contributed by atoms with Crippen molar-refractivity contribution >= 4 is 17.6 Å². The molecule has 0 saturated carbocycles. The van der Waals surface area contributed by atoms with Gasteiger partial charge in [-0.2, -0.15) is 0 Å². The van der Waals surface area contributed by atoms with Crippen LogP contribution in [0.15, 0.2) is 72.8 Å². The van der Waals surface area contributed by atoms with Gasteiger partial charge in [0.2, 0.25) is 11.3 Å². The maximum atomic E-state index is 14.1. The maximum absolute atomic E-state index is 14.1. The van der Waals surface area contributed by atoms with Crippen LogP contribution < -0.4 is 4.90 Å². The summed E-state index contributed by atoms with van der Waals surface area (Å²) in [6.07, 6.45) is 0. The van der Waals surface area contributed by atoms with Gasteiger partial charge in [0.1, 0.15) is 0 Å². The van der Waals surface area contributed by atoms with Gasteiger partial charge in [0, 0.05) is 22.2 Å². The molecule has 5 heteroatoms. The molecule has 174 valence electrons. The average Bonchev–Trinajstić information content (AvgIpc) is 3.25. The monoisotopic (exact) mass is 455 g/mol. The van der Waals surface area contributed by atoms with Gasteiger partial charge in [-0.15, -0.1) is 0 Å². The molecule has 1 spiro atoms. The number of rotatable bonds is 3. The van der Waals surface area contributed by atoms with E-state index in [0.29, 0.717) is 5.69 Å². The largest absolute Gasteiger partial charge is 0.464 e. The van der Waals surface area contributed by atoms with Crippen molar-refractivity contribution in [2.24, 2.45) is 5.41 Å². The zero-order valence-electron chi connectivity index (χ0n) is 20.2. The highest BCUT2D eigenvalue weighted by Crippen LogP contribution is 2.61. The Bertz CT molecular complexity index is 1240. The van der Waals surface area contributed by atoms with Crippen molar-refractivity contribution < 1.29 is 19.1 Å². The molecular formula is C29H29NO4. The third-order valence-electron chi connectivity index (χ3n) is 7.01. The fraction of sp³-hybridized carbons (Fsp3) is 0.310. The molecule has 0 N–H and O–H groups in total. The number of benzene rings is 3. The van der Waals surface area contributed by atoms with Crippen molar-refractivity contribution in [3.05, 3.63) is 89.5 Å². The molecule has 34 heavy (non-hydrogen) atoms. The van der Waals surface area contributed by atoms with Crippen LogP contribution in [0.1, 0.15) is 44.4 Å². The third-order valence-corrected chi connectivity index (χ3v) is 7.01. The number of nitrogens with zero attached hydrogens (tertiary/aromatic N) is 1. The standard InChI is InChI=1S/C29H29NO4/c1-6-33-25(31)28(27(3,4)5)26(32)34-29(30(28)20-17-15-19(2)16-18-20)23-13-9-7-11-21(23)22-12-8-10-14-24(22)29/h7-18H,6H2,1-5H3. The first kappa shape index (κ1) is 22.2. The smallest absolute Gasteiger partial charge is 0.347 e. The van der Waals surface area contributed by atoms with Gasteiger partial charge in [-0.1, -0.05) is 87.0 Å². The van der Waals surface area contributed by atoms with E-state index in [1.165, 1.54) is 0 Å². The Morgan fingerprint density at radius 2 is 1.44 bits per heavy atom. The summed E-state index contributed by atoms with van der Waals surface area (Å²) in [7, 11) is 0. The number of ether oxygens (including phenoxy) is 2. The number of aryl methyl sites for hydroxylation is 1. The van der Waals surface area contributed by atoms with E-state index < -0.39 is 28.6 Å². The molecule has 2 aliphatic rings. The quantitative estimate of drug-likeness (QED) is 0.381. The molecule has 1 fully saturated rings. The van der Waals surface area contributed by atoms with Gasteiger partial charge >= 0.3 is 11.9 Å². The Balaban J connectivity index is 1.93. The number of carbonyl (C=O) groups excluding carboxylic acids is 2. The molecule has 1 heterocycles. The zero-order chi connectivity index (χ0) is 24.3. The van der Waals surface area contributed by atoms with E-state index in [0.717, 1.165) is 27.8 Å². The molecule has 0 bridgehead atoms. The van der Waals surface area contributed by atoms with Crippen molar-refractivity contribution in [3.8, 4) is 11.1 Å². The van der Waals surface area contributed by atoms with Gasteiger partial charge in [0.25, 0.3) is 0 Å². The summed E-state index contributed by atoms with van der Waals surface area (Å²) in [4.78, 5) is 29.9. The molecule has 3 aromatic rings. The summed E-state index contributed by atoms with van der Waals surface area (Å²) < 4.78 is 12.1. The van der Waals surface area contributed by atoms with Gasteiger partial charge in [-0.25, -0.2) is 9.59 Å². The Hall–Kier alpha value is -3.60. The molecule has 0 radical (unpaired) electrons. The Morgan fingerprint density at radius 1 is 0.912 bits per heavy atom. The summed E-state index contributed by atoms with van der Waals surface area (Å²) in [5, 5.41) is 0. The molecule has 1 unspecified atom stereocenters. The lowest BCUT2D eigenvalue weighted by atomic mass is 9.71. The SMILES string of the molecule is CCOC(=O)C1(C(C)(C)C)C(=O)OC2(c3ccccc3-c3ccccc32)N1c1ccc(C)cc1. The number of anilines is 1. The first-order chi connectivity index (χ1) is 16.2. The summed E-state index contributed by atoms with van der Waals surface area (Å²) in [5.41, 5.74) is 1.56. The summed E-state index contributed by atoms with van der Waals surface area (Å²) >= 11 is 0. The van der Waals surface area contributed by atoms with E-state index in [9.17, 15) is 9.59 Å². The van der Waals surface area contributed by atoms with E-state index in [-0.39, 0.29) is 6.61 Å². The van der Waals surface area contributed by atoms with E-state index in [4.69, 9.17) is 9.47 Å². The molecule has 5 rings (SSSR count). The van der Waals surface area contributed by atoms with Gasteiger partial charge in [-0.3, -0.25) is 4.90 Å². The van der Waals surface area contributed by atoms with Crippen LogP contribution in [0.5, 0.6) is 0 Å². The van der Waals surface area contributed by atoms with E-state index in [1.54, 1.807) is 6.92 Å². The number of hydrogen-bond donors (Lipinski definition) is 0. The van der Waals surface area contributed by atoms with Crippen molar-refractivity contribution in [2.45, 2.75) is 45.9 Å². The molecule has 1 aliphatic carbocycles. The lowest BCUT2D eigenvalue weighted by Gasteiger charge is -2.47. The second-order valence-corrected chi connectivity index (χ2v) is 9.98. The zero-order valence-corrected chi connectivity index (χ0v) is 20.2. The molecule has 3 aromatic carbocycles. The maximum Gasteiger partial charge on any atom is 0.347 e. The minimum atomic E-state index is -1.71. The number of hydrogen-bond acceptors (Lipinski definition) is 5. The van der Waals surface area contributed by atoms with Crippen LogP contribution in [0.3, 0.4) is 0 Å². The highest BCUT2D eigenvalue weighted by Gasteiger charge is 2.75. The second-order valence-electron chi connectivity index (χ2n) is 9.98. The highest BCUT2D eigenvalue weighted by atomic mass is 16.6. The fourth-order valence-electron chi connectivity index (χ4n) is 5.53. The highest BCUT2D eigenvalue weighted by molar-refractivity contribution is 6.13. The molecule has 1 atom stereocenters. The van der Waals surface area contributed by atoms with Gasteiger partial charge < -0.3 is 9.47 Å².